The molecule has 0 radical (unpaired) electrons. The van der Waals surface area contributed by atoms with Crippen molar-refractivity contribution in [1.29, 1.82) is 0 Å². The first kappa shape index (κ1) is 24.2. The number of rotatable bonds is 7. The third-order valence-electron chi connectivity index (χ3n) is 4.86. The number of nitrogens with zero attached hydrogens (tertiary/aromatic N) is 2. The molecule has 1 aliphatic heterocycles. The highest BCUT2D eigenvalue weighted by Gasteiger charge is 2.30. The van der Waals surface area contributed by atoms with Gasteiger partial charge in [0.15, 0.2) is 5.96 Å². The van der Waals surface area contributed by atoms with Crippen LogP contribution in [0.25, 0.3) is 0 Å². The minimum atomic E-state index is 0. The molecule has 2 aliphatic rings. The van der Waals surface area contributed by atoms with Crippen molar-refractivity contribution < 1.29 is 4.79 Å². The number of hydrogen-bond donors (Lipinski definition) is 2. The lowest BCUT2D eigenvalue weighted by atomic mass is 9.85. The molecule has 0 aromatic carbocycles. The Morgan fingerprint density at radius 2 is 1.92 bits per heavy atom. The summed E-state index contributed by atoms with van der Waals surface area (Å²) < 4.78 is 0. The Morgan fingerprint density at radius 3 is 2.54 bits per heavy atom. The molecule has 0 bridgehead atoms. The standard InChI is InChI=1S/C18H34N4OS2.HI/c1-3-19-18(20-9-4-12-24-2)21-16-7-5-15(6-8-16)17(23)22-10-13-25-14-11-22;/h15-16H,3-14H2,1-2H3,(H2,19,20,21);1H. The zero-order valence-corrected chi connectivity index (χ0v) is 20.1. The molecule has 152 valence electrons. The van der Waals surface area contributed by atoms with Gasteiger partial charge in [-0.3, -0.25) is 9.79 Å². The minimum absolute atomic E-state index is 0. The highest BCUT2D eigenvalue weighted by Crippen LogP contribution is 2.27. The maximum atomic E-state index is 12.6. The Labute approximate surface area is 184 Å². The molecule has 1 amide bonds. The molecule has 1 saturated heterocycles. The molecule has 5 nitrogen and oxygen atoms in total. The first-order chi connectivity index (χ1) is 12.2. The van der Waals surface area contributed by atoms with Gasteiger partial charge in [0.1, 0.15) is 0 Å². The average molecular weight is 515 g/mol. The van der Waals surface area contributed by atoms with Crippen molar-refractivity contribution in [3.8, 4) is 0 Å². The van der Waals surface area contributed by atoms with Gasteiger partial charge in [-0.1, -0.05) is 0 Å². The van der Waals surface area contributed by atoms with E-state index in [0.717, 1.165) is 81.5 Å². The molecule has 1 saturated carbocycles. The number of guanidine groups is 1. The fourth-order valence-electron chi connectivity index (χ4n) is 3.44. The normalized spacial score (nSPS) is 23.9. The van der Waals surface area contributed by atoms with Crippen LogP contribution in [-0.4, -0.2) is 72.5 Å². The lowest BCUT2D eigenvalue weighted by Gasteiger charge is -2.34. The number of aliphatic imine (C=N–C) groups is 1. The van der Waals surface area contributed by atoms with Gasteiger partial charge in [0.25, 0.3) is 0 Å². The highest BCUT2D eigenvalue weighted by molar-refractivity contribution is 14.0. The van der Waals surface area contributed by atoms with Crippen LogP contribution in [0.2, 0.25) is 0 Å². The van der Waals surface area contributed by atoms with Gasteiger partial charge in [0.05, 0.1) is 0 Å². The van der Waals surface area contributed by atoms with Crippen molar-refractivity contribution in [1.82, 2.24) is 15.5 Å². The van der Waals surface area contributed by atoms with Crippen LogP contribution in [0, 0.1) is 5.92 Å². The Kier molecular flexibility index (Phi) is 13.2. The molecule has 1 aliphatic carbocycles. The van der Waals surface area contributed by atoms with Gasteiger partial charge in [0, 0.05) is 49.6 Å². The number of nitrogens with one attached hydrogen (secondary N) is 2. The van der Waals surface area contributed by atoms with E-state index in [2.05, 4.69) is 33.7 Å². The molecule has 2 N–H and O–H groups in total. The van der Waals surface area contributed by atoms with Gasteiger partial charge in [-0.2, -0.15) is 23.5 Å². The Bertz CT molecular complexity index is 425. The summed E-state index contributed by atoms with van der Waals surface area (Å²) in [5, 5.41) is 6.92. The van der Waals surface area contributed by atoms with Crippen LogP contribution in [0.4, 0.5) is 0 Å². The first-order valence-corrected chi connectivity index (χ1v) is 12.2. The van der Waals surface area contributed by atoms with Crippen LogP contribution in [0.3, 0.4) is 0 Å². The number of hydrogen-bond acceptors (Lipinski definition) is 4. The molecular weight excluding hydrogens is 479 g/mol. The zero-order valence-electron chi connectivity index (χ0n) is 16.2. The highest BCUT2D eigenvalue weighted by atomic mass is 127. The number of thioether (sulfide) groups is 2. The summed E-state index contributed by atoms with van der Waals surface area (Å²) in [6, 6.07) is 0.444. The average Bonchev–Trinajstić information content (AvgIpc) is 2.66. The lowest BCUT2D eigenvalue weighted by Crippen LogP contribution is -2.47. The van der Waals surface area contributed by atoms with E-state index < -0.39 is 0 Å². The predicted molar refractivity (Wildman–Crippen MR) is 127 cm³/mol. The van der Waals surface area contributed by atoms with Crippen molar-refractivity contribution in [2.45, 2.75) is 45.1 Å². The Hall–Kier alpha value is 0.170. The van der Waals surface area contributed by atoms with E-state index in [9.17, 15) is 4.79 Å². The number of carbonyl (C=O) groups is 1. The van der Waals surface area contributed by atoms with Crippen molar-refractivity contribution in [3.05, 3.63) is 0 Å². The maximum Gasteiger partial charge on any atom is 0.225 e. The smallest absolute Gasteiger partial charge is 0.225 e. The molecular formula is C18H35IN4OS2. The van der Waals surface area contributed by atoms with Crippen molar-refractivity contribution >= 4 is 59.4 Å². The zero-order chi connectivity index (χ0) is 17.9. The second kappa shape index (κ2) is 14.2. The van der Waals surface area contributed by atoms with E-state index in [1.165, 1.54) is 0 Å². The monoisotopic (exact) mass is 514 g/mol. The molecule has 0 atom stereocenters. The summed E-state index contributed by atoms with van der Waals surface area (Å²) in [6.07, 6.45) is 7.39. The largest absolute Gasteiger partial charge is 0.357 e. The third kappa shape index (κ3) is 8.46. The molecule has 2 fully saturated rings. The third-order valence-corrected chi connectivity index (χ3v) is 6.50. The number of amides is 1. The Morgan fingerprint density at radius 1 is 1.23 bits per heavy atom. The summed E-state index contributed by atoms with van der Waals surface area (Å²) in [5.74, 6) is 4.93. The Balaban J connectivity index is 0.00000338. The SMILES string of the molecule is CCNC(=NCCCSC)NC1CCC(C(=O)N2CCSCC2)CC1.I. The molecule has 0 unspecified atom stereocenters. The molecule has 1 heterocycles. The predicted octanol–water partition coefficient (Wildman–Crippen LogP) is 3.05. The van der Waals surface area contributed by atoms with E-state index in [1.54, 1.807) is 0 Å². The van der Waals surface area contributed by atoms with E-state index in [0.29, 0.717) is 11.9 Å². The van der Waals surface area contributed by atoms with Crippen LogP contribution < -0.4 is 10.6 Å². The van der Waals surface area contributed by atoms with Crippen molar-refractivity contribution in [2.24, 2.45) is 10.9 Å². The van der Waals surface area contributed by atoms with Gasteiger partial charge in [-0.05, 0) is 51.0 Å². The molecule has 2 rings (SSSR count). The minimum Gasteiger partial charge on any atom is -0.357 e. The van der Waals surface area contributed by atoms with E-state index in [4.69, 9.17) is 0 Å². The fraction of sp³-hybridized carbons (Fsp3) is 0.889. The first-order valence-electron chi connectivity index (χ1n) is 9.65. The van der Waals surface area contributed by atoms with Gasteiger partial charge in [0.2, 0.25) is 5.91 Å². The van der Waals surface area contributed by atoms with Gasteiger partial charge >= 0.3 is 0 Å². The summed E-state index contributed by atoms with van der Waals surface area (Å²) >= 11 is 3.83. The summed E-state index contributed by atoms with van der Waals surface area (Å²) in [4.78, 5) is 19.4. The summed E-state index contributed by atoms with van der Waals surface area (Å²) in [6.45, 7) is 5.74. The van der Waals surface area contributed by atoms with Crippen molar-refractivity contribution in [2.75, 3.05) is 49.7 Å². The molecule has 8 heteroatoms. The second-order valence-corrected chi connectivity index (χ2v) is 8.95. The fourth-order valence-corrected chi connectivity index (χ4v) is 4.76. The van der Waals surface area contributed by atoms with E-state index in [-0.39, 0.29) is 29.9 Å². The van der Waals surface area contributed by atoms with Crippen molar-refractivity contribution in [3.63, 3.8) is 0 Å². The van der Waals surface area contributed by atoms with Gasteiger partial charge in [-0.15, -0.1) is 24.0 Å². The van der Waals surface area contributed by atoms with Gasteiger partial charge in [-0.25, -0.2) is 0 Å². The van der Waals surface area contributed by atoms with E-state index >= 15 is 0 Å². The molecule has 0 aromatic heterocycles. The van der Waals surface area contributed by atoms with E-state index in [1.807, 2.05) is 23.5 Å². The number of carbonyl (C=O) groups excluding carboxylic acids is 1. The molecule has 26 heavy (non-hydrogen) atoms. The quantitative estimate of drug-likeness (QED) is 0.237. The van der Waals surface area contributed by atoms with Crippen LogP contribution in [0.1, 0.15) is 39.0 Å². The molecule has 0 aromatic rings. The van der Waals surface area contributed by atoms with Crippen LogP contribution in [0.5, 0.6) is 0 Å². The van der Waals surface area contributed by atoms with Crippen LogP contribution in [0.15, 0.2) is 4.99 Å². The lowest BCUT2D eigenvalue weighted by molar-refractivity contribution is -0.136. The topological polar surface area (TPSA) is 56.7 Å². The van der Waals surface area contributed by atoms with Crippen LogP contribution >= 0.6 is 47.5 Å². The summed E-state index contributed by atoms with van der Waals surface area (Å²) in [7, 11) is 0. The van der Waals surface area contributed by atoms with Gasteiger partial charge < -0.3 is 15.5 Å². The molecule has 0 spiro atoms. The second-order valence-electron chi connectivity index (χ2n) is 6.74. The van der Waals surface area contributed by atoms with Crippen LogP contribution in [-0.2, 0) is 4.79 Å². The summed E-state index contributed by atoms with van der Waals surface area (Å²) in [5.41, 5.74) is 0. The number of halogens is 1. The maximum absolute atomic E-state index is 12.6.